The average molecular weight is 289 g/mol. The summed E-state index contributed by atoms with van der Waals surface area (Å²) in [5.74, 6) is -0.514. The molecule has 20 heavy (non-hydrogen) atoms. The van der Waals surface area contributed by atoms with Crippen LogP contribution in [-0.2, 0) is 9.53 Å². The van der Waals surface area contributed by atoms with Crippen molar-refractivity contribution in [2.45, 2.75) is 25.6 Å². The molecule has 1 aromatic rings. The van der Waals surface area contributed by atoms with Crippen LogP contribution in [0.5, 0.6) is 5.75 Å². The van der Waals surface area contributed by atoms with Crippen molar-refractivity contribution in [1.29, 1.82) is 0 Å². The van der Waals surface area contributed by atoms with Crippen molar-refractivity contribution in [1.82, 2.24) is 5.32 Å². The number of aliphatic hydroxyl groups excluding tert-OH is 1. The molecule has 7 heteroatoms. The summed E-state index contributed by atoms with van der Waals surface area (Å²) < 4.78 is 32.8. The highest BCUT2D eigenvalue weighted by Crippen LogP contribution is 2.19. The summed E-state index contributed by atoms with van der Waals surface area (Å²) in [6, 6.07) is 4.90. The molecule has 0 amide bonds. The first-order valence-corrected chi connectivity index (χ1v) is 5.97. The quantitative estimate of drug-likeness (QED) is 0.744. The Balaban J connectivity index is 2.67. The van der Waals surface area contributed by atoms with Gasteiger partial charge in [0.15, 0.2) is 0 Å². The number of rotatable bonds is 7. The molecule has 0 saturated carbocycles. The second-order valence-corrected chi connectivity index (χ2v) is 4.09. The van der Waals surface area contributed by atoms with Crippen LogP contribution in [0.1, 0.15) is 18.5 Å². The zero-order chi connectivity index (χ0) is 15.1. The van der Waals surface area contributed by atoms with E-state index < -0.39 is 25.2 Å². The molecule has 112 valence electrons. The number of benzene rings is 1. The van der Waals surface area contributed by atoms with Crippen LogP contribution in [0.4, 0.5) is 8.78 Å². The summed E-state index contributed by atoms with van der Waals surface area (Å²) in [6.45, 7) is -1.49. The monoisotopic (exact) mass is 289 g/mol. The van der Waals surface area contributed by atoms with E-state index in [1.165, 1.54) is 19.2 Å². The van der Waals surface area contributed by atoms with E-state index in [0.29, 0.717) is 0 Å². The summed E-state index contributed by atoms with van der Waals surface area (Å²) in [6.07, 6.45) is 0. The fourth-order valence-corrected chi connectivity index (χ4v) is 1.67. The normalized spacial score (nSPS) is 13.9. The maximum absolute atomic E-state index is 12.0. The van der Waals surface area contributed by atoms with Gasteiger partial charge in [0.05, 0.1) is 13.7 Å². The Hall–Kier alpha value is -1.73. The lowest BCUT2D eigenvalue weighted by Crippen LogP contribution is -2.41. The molecule has 0 spiro atoms. The SMILES string of the molecule is COC(=O)C(CO)NC(C)c1ccc(OC(F)F)cc1. The lowest BCUT2D eigenvalue weighted by Gasteiger charge is -2.20. The molecule has 0 fully saturated rings. The molecule has 5 nitrogen and oxygen atoms in total. The number of ether oxygens (including phenoxy) is 2. The Morgan fingerprint density at radius 2 is 1.95 bits per heavy atom. The van der Waals surface area contributed by atoms with E-state index in [2.05, 4.69) is 14.8 Å². The summed E-state index contributed by atoms with van der Waals surface area (Å²) in [7, 11) is 1.23. The topological polar surface area (TPSA) is 67.8 Å². The number of aliphatic hydroxyl groups is 1. The van der Waals surface area contributed by atoms with Crippen molar-refractivity contribution in [2.24, 2.45) is 0 Å². The number of esters is 1. The van der Waals surface area contributed by atoms with Gasteiger partial charge < -0.3 is 14.6 Å². The Labute approximate surface area is 115 Å². The third-order valence-electron chi connectivity index (χ3n) is 2.72. The number of nitrogens with one attached hydrogen (secondary N) is 1. The standard InChI is InChI=1S/C13H17F2NO4/c1-8(16-11(7-17)12(18)19-2)9-3-5-10(6-4-9)20-13(14)15/h3-6,8,11,13,16-17H,7H2,1-2H3. The van der Waals surface area contributed by atoms with Crippen LogP contribution in [0.2, 0.25) is 0 Å². The largest absolute Gasteiger partial charge is 0.468 e. The molecule has 0 bridgehead atoms. The number of carbonyl (C=O) groups excluding carboxylic acids is 1. The molecule has 1 rings (SSSR count). The fraction of sp³-hybridized carbons (Fsp3) is 0.462. The van der Waals surface area contributed by atoms with Gasteiger partial charge in [-0.25, -0.2) is 0 Å². The lowest BCUT2D eigenvalue weighted by atomic mass is 10.1. The van der Waals surface area contributed by atoms with Gasteiger partial charge in [-0.05, 0) is 24.6 Å². The first-order valence-electron chi connectivity index (χ1n) is 5.97. The van der Waals surface area contributed by atoms with E-state index in [1.54, 1.807) is 19.1 Å². The Kier molecular flexibility index (Phi) is 6.33. The molecule has 2 unspecified atom stereocenters. The molecule has 0 saturated heterocycles. The van der Waals surface area contributed by atoms with Gasteiger partial charge in [-0.1, -0.05) is 12.1 Å². The third-order valence-corrected chi connectivity index (χ3v) is 2.72. The number of methoxy groups -OCH3 is 1. The van der Waals surface area contributed by atoms with Gasteiger partial charge in [-0.15, -0.1) is 0 Å². The lowest BCUT2D eigenvalue weighted by molar-refractivity contribution is -0.144. The second-order valence-electron chi connectivity index (χ2n) is 4.09. The fourth-order valence-electron chi connectivity index (χ4n) is 1.67. The van der Waals surface area contributed by atoms with Crippen LogP contribution in [0.3, 0.4) is 0 Å². The predicted octanol–water partition coefficient (Wildman–Crippen LogP) is 1.47. The Morgan fingerprint density at radius 1 is 1.35 bits per heavy atom. The highest BCUT2D eigenvalue weighted by molar-refractivity contribution is 5.75. The molecular weight excluding hydrogens is 272 g/mol. The van der Waals surface area contributed by atoms with Gasteiger partial charge >= 0.3 is 12.6 Å². The van der Waals surface area contributed by atoms with Gasteiger partial charge in [0.25, 0.3) is 0 Å². The molecule has 0 radical (unpaired) electrons. The smallest absolute Gasteiger partial charge is 0.387 e. The van der Waals surface area contributed by atoms with Gasteiger partial charge in [0.2, 0.25) is 0 Å². The minimum Gasteiger partial charge on any atom is -0.468 e. The van der Waals surface area contributed by atoms with Crippen LogP contribution < -0.4 is 10.1 Å². The maximum Gasteiger partial charge on any atom is 0.387 e. The minimum atomic E-state index is -2.87. The summed E-state index contributed by atoms with van der Waals surface area (Å²) in [5, 5.41) is 12.0. The molecular formula is C13H17F2NO4. The van der Waals surface area contributed by atoms with Gasteiger partial charge in [-0.3, -0.25) is 10.1 Å². The second kappa shape index (κ2) is 7.76. The molecule has 2 atom stereocenters. The maximum atomic E-state index is 12.0. The van der Waals surface area contributed by atoms with Crippen molar-refractivity contribution >= 4 is 5.97 Å². The van der Waals surface area contributed by atoms with E-state index in [9.17, 15) is 13.6 Å². The van der Waals surface area contributed by atoms with E-state index in [4.69, 9.17) is 5.11 Å². The van der Waals surface area contributed by atoms with E-state index in [0.717, 1.165) is 5.56 Å². The van der Waals surface area contributed by atoms with Crippen LogP contribution in [-0.4, -0.2) is 37.4 Å². The van der Waals surface area contributed by atoms with Crippen molar-refractivity contribution in [3.05, 3.63) is 29.8 Å². The average Bonchev–Trinajstić information content (AvgIpc) is 2.43. The Bertz CT molecular complexity index is 425. The van der Waals surface area contributed by atoms with Crippen molar-refractivity contribution in [2.75, 3.05) is 13.7 Å². The van der Waals surface area contributed by atoms with E-state index in [-0.39, 0.29) is 11.8 Å². The number of carbonyl (C=O) groups is 1. The van der Waals surface area contributed by atoms with E-state index >= 15 is 0 Å². The van der Waals surface area contributed by atoms with Crippen LogP contribution in [0.15, 0.2) is 24.3 Å². The molecule has 1 aromatic carbocycles. The van der Waals surface area contributed by atoms with Gasteiger partial charge in [-0.2, -0.15) is 8.78 Å². The highest BCUT2D eigenvalue weighted by atomic mass is 19.3. The number of halogens is 2. The Morgan fingerprint density at radius 3 is 2.40 bits per heavy atom. The minimum absolute atomic E-state index is 0.0580. The molecule has 0 heterocycles. The van der Waals surface area contributed by atoms with Gasteiger partial charge in [0, 0.05) is 6.04 Å². The number of alkyl halides is 2. The number of hydrogen-bond acceptors (Lipinski definition) is 5. The summed E-state index contributed by atoms with van der Waals surface area (Å²) >= 11 is 0. The van der Waals surface area contributed by atoms with Crippen molar-refractivity contribution in [3.63, 3.8) is 0 Å². The van der Waals surface area contributed by atoms with Crippen LogP contribution in [0, 0.1) is 0 Å². The number of hydrogen-bond donors (Lipinski definition) is 2. The van der Waals surface area contributed by atoms with Crippen molar-refractivity contribution in [3.8, 4) is 5.75 Å². The zero-order valence-electron chi connectivity index (χ0n) is 11.2. The third kappa shape index (κ3) is 4.75. The van der Waals surface area contributed by atoms with Crippen LogP contribution >= 0.6 is 0 Å². The zero-order valence-corrected chi connectivity index (χ0v) is 11.2. The summed E-state index contributed by atoms with van der Waals surface area (Å²) in [5.41, 5.74) is 0.758. The van der Waals surface area contributed by atoms with Crippen molar-refractivity contribution < 1.29 is 28.2 Å². The molecule has 0 aliphatic heterocycles. The van der Waals surface area contributed by atoms with Crippen LogP contribution in [0.25, 0.3) is 0 Å². The predicted molar refractivity (Wildman–Crippen MR) is 67.5 cm³/mol. The molecule has 0 aromatic heterocycles. The molecule has 2 N–H and O–H groups in total. The highest BCUT2D eigenvalue weighted by Gasteiger charge is 2.20. The first-order chi connectivity index (χ1) is 9.47. The first kappa shape index (κ1) is 16.3. The molecule has 0 aliphatic carbocycles. The molecule has 0 aliphatic rings. The summed E-state index contributed by atoms with van der Waals surface area (Å²) in [4.78, 5) is 11.3. The van der Waals surface area contributed by atoms with E-state index in [1.807, 2.05) is 0 Å². The van der Waals surface area contributed by atoms with Gasteiger partial charge in [0.1, 0.15) is 11.8 Å².